The molecule has 2 rings (SSSR count). The highest BCUT2D eigenvalue weighted by atomic mass is 16.2. The number of amides is 2. The predicted octanol–water partition coefficient (Wildman–Crippen LogP) is 2.30. The van der Waals surface area contributed by atoms with Gasteiger partial charge in [-0.2, -0.15) is 0 Å². The van der Waals surface area contributed by atoms with E-state index in [2.05, 4.69) is 26.1 Å². The molecule has 1 aromatic carbocycles. The maximum absolute atomic E-state index is 12.5. The van der Waals surface area contributed by atoms with Gasteiger partial charge in [0.05, 0.1) is 0 Å². The molecule has 26 heavy (non-hydrogen) atoms. The average Bonchev–Trinajstić information content (AvgIpc) is 2.57. The summed E-state index contributed by atoms with van der Waals surface area (Å²) < 4.78 is 0. The maximum atomic E-state index is 12.5. The maximum Gasteiger partial charge on any atom is 0.261 e. The SMILES string of the molecule is Cc1ccc(C(=O)N[C@@H](C(=O)NNc2nc(C)cc(C)n2)C(C)C)cc1. The molecule has 0 aliphatic heterocycles. The van der Waals surface area contributed by atoms with Crippen LogP contribution in [0.1, 0.15) is 41.2 Å². The lowest BCUT2D eigenvalue weighted by Crippen LogP contribution is -2.51. The molecule has 0 aliphatic rings. The molecule has 2 aromatic rings. The van der Waals surface area contributed by atoms with Gasteiger partial charge in [-0.25, -0.2) is 9.97 Å². The number of nitrogens with one attached hydrogen (secondary N) is 3. The summed E-state index contributed by atoms with van der Waals surface area (Å²) in [5.41, 5.74) is 8.45. The fraction of sp³-hybridized carbons (Fsp3) is 0.368. The highest BCUT2D eigenvalue weighted by Gasteiger charge is 2.24. The highest BCUT2D eigenvalue weighted by molar-refractivity contribution is 5.97. The van der Waals surface area contributed by atoms with E-state index in [0.717, 1.165) is 17.0 Å². The van der Waals surface area contributed by atoms with Crippen LogP contribution in [0.3, 0.4) is 0 Å². The minimum Gasteiger partial charge on any atom is -0.340 e. The van der Waals surface area contributed by atoms with Crippen molar-refractivity contribution >= 4 is 17.8 Å². The third kappa shape index (κ3) is 5.27. The average molecular weight is 355 g/mol. The number of aryl methyl sites for hydroxylation is 3. The van der Waals surface area contributed by atoms with Crippen molar-refractivity contribution in [3.63, 3.8) is 0 Å². The Balaban J connectivity index is 2.02. The Morgan fingerprint density at radius 2 is 1.54 bits per heavy atom. The molecule has 0 radical (unpaired) electrons. The van der Waals surface area contributed by atoms with E-state index < -0.39 is 6.04 Å². The van der Waals surface area contributed by atoms with Gasteiger partial charge in [-0.1, -0.05) is 31.5 Å². The normalized spacial score (nSPS) is 11.8. The van der Waals surface area contributed by atoms with E-state index in [4.69, 9.17) is 0 Å². The van der Waals surface area contributed by atoms with Gasteiger partial charge in [0.15, 0.2) is 0 Å². The van der Waals surface area contributed by atoms with E-state index in [-0.39, 0.29) is 17.7 Å². The van der Waals surface area contributed by atoms with Crippen LogP contribution < -0.4 is 16.2 Å². The summed E-state index contributed by atoms with van der Waals surface area (Å²) in [6.45, 7) is 9.38. The number of anilines is 1. The number of nitrogens with zero attached hydrogens (tertiary/aromatic N) is 2. The number of hydrogen-bond donors (Lipinski definition) is 3. The van der Waals surface area contributed by atoms with Crippen molar-refractivity contribution < 1.29 is 9.59 Å². The minimum absolute atomic E-state index is 0.0913. The minimum atomic E-state index is -0.692. The van der Waals surface area contributed by atoms with Gasteiger partial charge in [0.25, 0.3) is 11.8 Å². The summed E-state index contributed by atoms with van der Waals surface area (Å²) in [7, 11) is 0. The molecular formula is C19H25N5O2. The lowest BCUT2D eigenvalue weighted by molar-refractivity contribution is -0.123. The van der Waals surface area contributed by atoms with E-state index in [0.29, 0.717) is 11.5 Å². The van der Waals surface area contributed by atoms with Crippen molar-refractivity contribution in [2.75, 3.05) is 5.43 Å². The first-order valence-electron chi connectivity index (χ1n) is 8.52. The number of rotatable bonds is 6. The van der Waals surface area contributed by atoms with Crippen molar-refractivity contribution in [3.05, 3.63) is 52.8 Å². The quantitative estimate of drug-likeness (QED) is 0.691. The summed E-state index contributed by atoms with van der Waals surface area (Å²) in [6, 6.07) is 8.34. The zero-order chi connectivity index (χ0) is 19.3. The van der Waals surface area contributed by atoms with Gasteiger partial charge in [0, 0.05) is 17.0 Å². The Morgan fingerprint density at radius 3 is 2.08 bits per heavy atom. The number of hydrogen-bond acceptors (Lipinski definition) is 5. The summed E-state index contributed by atoms with van der Waals surface area (Å²) in [6.07, 6.45) is 0. The molecule has 7 heteroatoms. The van der Waals surface area contributed by atoms with Crippen LogP contribution >= 0.6 is 0 Å². The zero-order valence-corrected chi connectivity index (χ0v) is 15.8. The molecule has 0 bridgehead atoms. The van der Waals surface area contributed by atoms with E-state index in [1.807, 2.05) is 52.8 Å². The second kappa shape index (κ2) is 8.42. The topological polar surface area (TPSA) is 96.0 Å². The molecule has 1 heterocycles. The molecule has 0 fully saturated rings. The van der Waals surface area contributed by atoms with Gasteiger partial charge in [0.1, 0.15) is 6.04 Å². The molecule has 0 unspecified atom stereocenters. The van der Waals surface area contributed by atoms with E-state index in [1.165, 1.54) is 0 Å². The van der Waals surface area contributed by atoms with Gasteiger partial charge in [-0.3, -0.25) is 20.4 Å². The Kier molecular flexibility index (Phi) is 6.27. The fourth-order valence-electron chi connectivity index (χ4n) is 2.44. The number of hydrazine groups is 1. The zero-order valence-electron chi connectivity index (χ0n) is 15.8. The van der Waals surface area contributed by atoms with Crippen LogP contribution in [-0.2, 0) is 4.79 Å². The smallest absolute Gasteiger partial charge is 0.261 e. The van der Waals surface area contributed by atoms with E-state index in [9.17, 15) is 9.59 Å². The lowest BCUT2D eigenvalue weighted by atomic mass is 10.0. The molecule has 0 saturated heterocycles. The standard InChI is InChI=1S/C19H25N5O2/c1-11(2)16(22-17(25)15-8-6-12(3)7-9-15)18(26)23-24-19-20-13(4)10-14(5)21-19/h6-11,16H,1-5H3,(H,22,25)(H,23,26)(H,20,21,24)/t16-/m1/s1. The van der Waals surface area contributed by atoms with Crippen LogP contribution in [-0.4, -0.2) is 27.8 Å². The molecule has 138 valence electrons. The summed E-state index contributed by atoms with van der Waals surface area (Å²) in [4.78, 5) is 33.3. The van der Waals surface area contributed by atoms with Gasteiger partial charge in [0.2, 0.25) is 5.95 Å². The molecule has 0 aliphatic carbocycles. The molecule has 0 saturated carbocycles. The number of carbonyl (C=O) groups is 2. The number of aromatic nitrogens is 2. The molecule has 1 atom stereocenters. The first kappa shape index (κ1) is 19.4. The third-order valence-corrected chi connectivity index (χ3v) is 3.83. The molecule has 7 nitrogen and oxygen atoms in total. The molecule has 1 aromatic heterocycles. The first-order chi connectivity index (χ1) is 12.3. The first-order valence-corrected chi connectivity index (χ1v) is 8.52. The second-order valence-corrected chi connectivity index (χ2v) is 6.65. The Labute approximate surface area is 153 Å². The Morgan fingerprint density at radius 1 is 0.962 bits per heavy atom. The van der Waals surface area contributed by atoms with Crippen molar-refractivity contribution in [2.24, 2.45) is 5.92 Å². The lowest BCUT2D eigenvalue weighted by Gasteiger charge is -2.22. The molecular weight excluding hydrogens is 330 g/mol. The van der Waals surface area contributed by atoms with Crippen LogP contribution in [0.25, 0.3) is 0 Å². The van der Waals surface area contributed by atoms with Gasteiger partial charge in [-0.05, 0) is 44.9 Å². The van der Waals surface area contributed by atoms with Gasteiger partial charge in [-0.15, -0.1) is 0 Å². The summed E-state index contributed by atoms with van der Waals surface area (Å²) >= 11 is 0. The van der Waals surface area contributed by atoms with Gasteiger partial charge >= 0.3 is 0 Å². The monoisotopic (exact) mass is 355 g/mol. The highest BCUT2D eigenvalue weighted by Crippen LogP contribution is 2.07. The van der Waals surface area contributed by atoms with E-state index in [1.54, 1.807) is 12.1 Å². The molecule has 0 spiro atoms. The van der Waals surface area contributed by atoms with Crippen LogP contribution in [0.4, 0.5) is 5.95 Å². The van der Waals surface area contributed by atoms with Crippen molar-refractivity contribution in [3.8, 4) is 0 Å². The van der Waals surface area contributed by atoms with Crippen molar-refractivity contribution in [1.29, 1.82) is 0 Å². The summed E-state index contributed by atoms with van der Waals surface area (Å²) in [5, 5.41) is 2.78. The largest absolute Gasteiger partial charge is 0.340 e. The number of benzene rings is 1. The second-order valence-electron chi connectivity index (χ2n) is 6.65. The predicted molar refractivity (Wildman–Crippen MR) is 101 cm³/mol. The third-order valence-electron chi connectivity index (χ3n) is 3.83. The van der Waals surface area contributed by atoms with Crippen molar-refractivity contribution in [1.82, 2.24) is 20.7 Å². The molecule has 2 amide bonds. The van der Waals surface area contributed by atoms with Crippen LogP contribution in [0.5, 0.6) is 0 Å². The van der Waals surface area contributed by atoms with Crippen LogP contribution in [0.2, 0.25) is 0 Å². The fourth-order valence-corrected chi connectivity index (χ4v) is 2.44. The Hall–Kier alpha value is -2.96. The Bertz CT molecular complexity index is 767. The van der Waals surface area contributed by atoms with Crippen LogP contribution in [0, 0.1) is 26.7 Å². The van der Waals surface area contributed by atoms with E-state index >= 15 is 0 Å². The number of carbonyl (C=O) groups excluding carboxylic acids is 2. The van der Waals surface area contributed by atoms with Gasteiger partial charge < -0.3 is 5.32 Å². The molecule has 3 N–H and O–H groups in total. The van der Waals surface area contributed by atoms with Crippen molar-refractivity contribution in [2.45, 2.75) is 40.7 Å². The van der Waals surface area contributed by atoms with Crippen LogP contribution in [0.15, 0.2) is 30.3 Å². The summed E-state index contributed by atoms with van der Waals surface area (Å²) in [5.74, 6) is -0.431.